The van der Waals surface area contributed by atoms with Crippen LogP contribution in [0, 0.1) is 11.7 Å². The van der Waals surface area contributed by atoms with Gasteiger partial charge in [-0.1, -0.05) is 35.9 Å². The second kappa shape index (κ2) is 11.9. The summed E-state index contributed by atoms with van der Waals surface area (Å²) in [7, 11) is 0. The fourth-order valence-electron chi connectivity index (χ4n) is 3.70. The van der Waals surface area contributed by atoms with Gasteiger partial charge in [-0.2, -0.15) is 5.53 Å². The second-order valence-corrected chi connectivity index (χ2v) is 8.58. The standard InChI is InChI=1S/C23H27ClFN5O4/c1-13(31)26-11-16(23(33)34)9-18(28-22(32)21-12-27-30-29-21)8-14-2-4-15(5-3-14)19-10-17(24)6-7-20(19)25/h2-7,10,16,18,21,27,29-30H,8-9,11-12H2,1H3,(H,26,31)(H,28,32)(H,33,34)/t16-,18+,21?/m0/s1. The molecule has 182 valence electrons. The van der Waals surface area contributed by atoms with Crippen molar-refractivity contribution < 1.29 is 23.9 Å². The molecule has 6 N–H and O–H groups in total. The Kier molecular flexibility index (Phi) is 8.94. The number of rotatable bonds is 10. The fraction of sp³-hybridized carbons (Fsp3) is 0.348. The molecule has 2 aromatic rings. The smallest absolute Gasteiger partial charge is 0.308 e. The summed E-state index contributed by atoms with van der Waals surface area (Å²) in [5.41, 5.74) is 10.1. The van der Waals surface area contributed by atoms with Gasteiger partial charge in [-0.3, -0.25) is 14.4 Å². The third-order valence-electron chi connectivity index (χ3n) is 5.49. The highest BCUT2D eigenvalue weighted by molar-refractivity contribution is 6.30. The zero-order chi connectivity index (χ0) is 24.7. The predicted octanol–water partition coefficient (Wildman–Crippen LogP) is 1.38. The molecule has 1 aliphatic rings. The van der Waals surface area contributed by atoms with Gasteiger partial charge in [-0.25, -0.2) is 15.2 Å². The summed E-state index contributed by atoms with van der Waals surface area (Å²) in [6, 6.07) is 10.4. The minimum atomic E-state index is -1.07. The van der Waals surface area contributed by atoms with Crippen LogP contribution in [-0.2, 0) is 20.8 Å². The number of carbonyl (C=O) groups is 3. The largest absolute Gasteiger partial charge is 0.481 e. The molecule has 0 radical (unpaired) electrons. The highest BCUT2D eigenvalue weighted by Crippen LogP contribution is 2.26. The average molecular weight is 492 g/mol. The van der Waals surface area contributed by atoms with Gasteiger partial charge in [0.15, 0.2) is 0 Å². The lowest BCUT2D eigenvalue weighted by Crippen LogP contribution is -2.49. The maximum Gasteiger partial charge on any atom is 0.308 e. The molecule has 1 saturated heterocycles. The van der Waals surface area contributed by atoms with E-state index in [0.29, 0.717) is 29.1 Å². The Morgan fingerprint density at radius 2 is 1.94 bits per heavy atom. The van der Waals surface area contributed by atoms with Crippen molar-refractivity contribution in [3.63, 3.8) is 0 Å². The van der Waals surface area contributed by atoms with E-state index < -0.39 is 29.8 Å². The van der Waals surface area contributed by atoms with E-state index in [1.165, 1.54) is 19.1 Å². The Morgan fingerprint density at radius 3 is 2.56 bits per heavy atom. The van der Waals surface area contributed by atoms with E-state index in [0.717, 1.165) is 5.56 Å². The number of aliphatic carboxylic acids is 1. The first-order chi connectivity index (χ1) is 16.2. The second-order valence-electron chi connectivity index (χ2n) is 8.14. The summed E-state index contributed by atoms with van der Waals surface area (Å²) < 4.78 is 14.2. The fourth-order valence-corrected chi connectivity index (χ4v) is 3.87. The molecule has 2 amide bonds. The lowest BCUT2D eigenvalue weighted by molar-refractivity contribution is -0.142. The van der Waals surface area contributed by atoms with Crippen molar-refractivity contribution in [2.75, 3.05) is 13.1 Å². The van der Waals surface area contributed by atoms with Crippen molar-refractivity contribution in [2.24, 2.45) is 5.92 Å². The number of nitrogens with one attached hydrogen (secondary N) is 5. The summed E-state index contributed by atoms with van der Waals surface area (Å²) in [6.07, 6.45) is 0.459. The molecule has 34 heavy (non-hydrogen) atoms. The first kappa shape index (κ1) is 25.6. The zero-order valence-electron chi connectivity index (χ0n) is 18.5. The zero-order valence-corrected chi connectivity index (χ0v) is 19.3. The molecule has 0 aromatic heterocycles. The van der Waals surface area contributed by atoms with Crippen LogP contribution in [0.25, 0.3) is 11.1 Å². The molecule has 2 aromatic carbocycles. The topological polar surface area (TPSA) is 132 Å². The first-order valence-electron chi connectivity index (χ1n) is 10.8. The minimum absolute atomic E-state index is 0.0468. The molecule has 9 nitrogen and oxygen atoms in total. The van der Waals surface area contributed by atoms with Crippen LogP contribution in [0.5, 0.6) is 0 Å². The van der Waals surface area contributed by atoms with Crippen molar-refractivity contribution >= 4 is 29.4 Å². The molecule has 1 unspecified atom stereocenters. The molecular formula is C23H27ClFN5O4. The van der Waals surface area contributed by atoms with Gasteiger partial charge in [0.1, 0.15) is 11.9 Å². The number of carboxylic acid groups (broad SMARTS) is 1. The molecule has 0 saturated carbocycles. The van der Waals surface area contributed by atoms with Crippen molar-refractivity contribution in [1.82, 2.24) is 27.0 Å². The first-order valence-corrected chi connectivity index (χ1v) is 11.2. The lowest BCUT2D eigenvalue weighted by atomic mass is 9.93. The molecule has 3 rings (SSSR count). The van der Waals surface area contributed by atoms with E-state index in [9.17, 15) is 23.9 Å². The molecular weight excluding hydrogens is 465 g/mol. The monoisotopic (exact) mass is 491 g/mol. The summed E-state index contributed by atoms with van der Waals surface area (Å²) in [5.74, 6) is -2.97. The number of carbonyl (C=O) groups excluding carboxylic acids is 2. The van der Waals surface area contributed by atoms with Crippen LogP contribution in [0.15, 0.2) is 42.5 Å². The van der Waals surface area contributed by atoms with Gasteiger partial charge >= 0.3 is 5.97 Å². The number of amides is 2. The van der Waals surface area contributed by atoms with Crippen molar-refractivity contribution in [1.29, 1.82) is 0 Å². The third-order valence-corrected chi connectivity index (χ3v) is 5.73. The predicted molar refractivity (Wildman–Crippen MR) is 125 cm³/mol. The normalized spacial score (nSPS) is 17.1. The molecule has 0 aliphatic carbocycles. The maximum absolute atomic E-state index is 14.2. The minimum Gasteiger partial charge on any atom is -0.481 e. The van der Waals surface area contributed by atoms with Crippen LogP contribution in [0.2, 0.25) is 5.02 Å². The SMILES string of the molecule is CC(=O)NC[C@H](C[C@@H](Cc1ccc(-c2cc(Cl)ccc2F)cc1)NC(=O)C1CNNN1)C(=O)O. The van der Waals surface area contributed by atoms with Gasteiger partial charge < -0.3 is 15.7 Å². The summed E-state index contributed by atoms with van der Waals surface area (Å²) in [5, 5.41) is 15.5. The maximum atomic E-state index is 14.2. The Labute approximate surface area is 201 Å². The average Bonchev–Trinajstić information content (AvgIpc) is 3.33. The summed E-state index contributed by atoms with van der Waals surface area (Å²) in [4.78, 5) is 35.7. The van der Waals surface area contributed by atoms with Crippen molar-refractivity contribution in [2.45, 2.75) is 31.8 Å². The molecule has 1 fully saturated rings. The Bertz CT molecular complexity index is 1030. The number of benzene rings is 2. The van der Waals surface area contributed by atoms with Gasteiger partial charge in [0.05, 0.1) is 5.92 Å². The van der Waals surface area contributed by atoms with E-state index >= 15 is 0 Å². The van der Waals surface area contributed by atoms with Gasteiger partial charge in [0.25, 0.3) is 0 Å². The third kappa shape index (κ3) is 7.22. The molecule has 1 aliphatic heterocycles. The van der Waals surface area contributed by atoms with Crippen LogP contribution in [0.4, 0.5) is 4.39 Å². The van der Waals surface area contributed by atoms with Crippen molar-refractivity contribution in [3.05, 3.63) is 58.9 Å². The van der Waals surface area contributed by atoms with Crippen LogP contribution in [0.3, 0.4) is 0 Å². The Hall–Kier alpha value is -3.05. The summed E-state index contributed by atoms with van der Waals surface area (Å²) >= 11 is 5.99. The van der Waals surface area contributed by atoms with Gasteiger partial charge in [0.2, 0.25) is 11.8 Å². The molecule has 3 atom stereocenters. The van der Waals surface area contributed by atoms with Crippen LogP contribution in [0.1, 0.15) is 18.9 Å². The van der Waals surface area contributed by atoms with E-state index in [-0.39, 0.29) is 24.8 Å². The van der Waals surface area contributed by atoms with Crippen molar-refractivity contribution in [3.8, 4) is 11.1 Å². The van der Waals surface area contributed by atoms with E-state index in [1.54, 1.807) is 30.3 Å². The molecule has 0 spiro atoms. The Morgan fingerprint density at radius 1 is 1.21 bits per heavy atom. The summed E-state index contributed by atoms with van der Waals surface area (Å²) in [6.45, 7) is 1.63. The van der Waals surface area contributed by atoms with E-state index in [2.05, 4.69) is 27.0 Å². The number of hydrazine groups is 2. The van der Waals surface area contributed by atoms with Crippen LogP contribution >= 0.6 is 11.6 Å². The molecule has 1 heterocycles. The van der Waals surface area contributed by atoms with Gasteiger partial charge in [-0.05, 0) is 42.2 Å². The van der Waals surface area contributed by atoms with Crippen LogP contribution < -0.4 is 27.0 Å². The molecule has 0 bridgehead atoms. The quantitative estimate of drug-likeness (QED) is 0.296. The van der Waals surface area contributed by atoms with Crippen LogP contribution in [-0.4, -0.2) is 48.1 Å². The van der Waals surface area contributed by atoms with E-state index in [1.807, 2.05) is 0 Å². The van der Waals surface area contributed by atoms with E-state index in [4.69, 9.17) is 11.6 Å². The highest BCUT2D eigenvalue weighted by Gasteiger charge is 2.28. The molecule has 11 heteroatoms. The van der Waals surface area contributed by atoms with Gasteiger partial charge in [0, 0.05) is 36.6 Å². The number of hydrogen-bond donors (Lipinski definition) is 6. The van der Waals surface area contributed by atoms with Gasteiger partial charge in [-0.15, -0.1) is 0 Å². The lowest BCUT2D eigenvalue weighted by Gasteiger charge is -2.24. The number of carboxylic acids is 1. The number of halogens is 2. The Balaban J connectivity index is 1.76. The number of hydrogen-bond acceptors (Lipinski definition) is 6. The highest BCUT2D eigenvalue weighted by atomic mass is 35.5.